The summed E-state index contributed by atoms with van der Waals surface area (Å²) >= 11 is 10.7. The van der Waals surface area contributed by atoms with Gasteiger partial charge in [0.05, 0.1) is 18.3 Å². The average molecular weight is 459 g/mol. The molecule has 0 amide bonds. The van der Waals surface area contributed by atoms with Gasteiger partial charge in [-0.25, -0.2) is 4.79 Å². The molecule has 0 heterocycles. The summed E-state index contributed by atoms with van der Waals surface area (Å²) in [4.78, 5) is 23.1. The highest BCUT2D eigenvalue weighted by Crippen LogP contribution is 2.35. The third kappa shape index (κ3) is 8.03. The van der Waals surface area contributed by atoms with Crippen molar-refractivity contribution in [2.24, 2.45) is 0 Å². The van der Waals surface area contributed by atoms with Crippen LogP contribution in [0, 0.1) is 0 Å². The molecule has 29 heavy (non-hydrogen) atoms. The molecule has 1 aromatic carbocycles. The Kier molecular flexibility index (Phi) is 9.71. The van der Waals surface area contributed by atoms with E-state index < -0.39 is 29.3 Å². The van der Waals surface area contributed by atoms with Gasteiger partial charge in [-0.05, 0) is 44.4 Å². The zero-order valence-electron chi connectivity index (χ0n) is 16.3. The van der Waals surface area contributed by atoms with E-state index in [2.05, 4.69) is 0 Å². The number of carbonyl (C=O) groups excluding carboxylic acids is 2. The molecule has 0 spiro atoms. The normalized spacial score (nSPS) is 21.6. The van der Waals surface area contributed by atoms with Crippen molar-refractivity contribution in [2.45, 2.75) is 57.4 Å². The SMILES string of the molecule is CCOC(=O)C1(OC(C)=O)CCCC(OC)C1.FC(F)(F)c1cc(Cl)cc(Cl)c1. The van der Waals surface area contributed by atoms with Crippen LogP contribution < -0.4 is 0 Å². The lowest BCUT2D eigenvalue weighted by molar-refractivity contribution is -0.190. The summed E-state index contributed by atoms with van der Waals surface area (Å²) in [5, 5.41) is -0.0374. The number of halogens is 5. The third-order valence-corrected chi connectivity index (χ3v) is 4.61. The van der Waals surface area contributed by atoms with E-state index in [1.807, 2.05) is 0 Å². The number of methoxy groups -OCH3 is 1. The van der Waals surface area contributed by atoms with Gasteiger partial charge in [-0.1, -0.05) is 23.2 Å². The fourth-order valence-corrected chi connectivity index (χ4v) is 3.49. The van der Waals surface area contributed by atoms with Gasteiger partial charge in [0.1, 0.15) is 0 Å². The number of benzene rings is 1. The molecule has 0 N–H and O–H groups in total. The van der Waals surface area contributed by atoms with E-state index in [1.165, 1.54) is 13.0 Å². The van der Waals surface area contributed by atoms with Crippen molar-refractivity contribution in [2.75, 3.05) is 13.7 Å². The van der Waals surface area contributed by atoms with E-state index in [1.54, 1.807) is 14.0 Å². The fraction of sp³-hybridized carbons (Fsp3) is 0.579. The van der Waals surface area contributed by atoms with E-state index in [0.717, 1.165) is 25.0 Å². The predicted octanol–water partition coefficient (Wildman–Crippen LogP) is 5.45. The van der Waals surface area contributed by atoms with Crippen LogP contribution in [0.1, 0.15) is 45.1 Å². The first-order chi connectivity index (χ1) is 13.4. The Hall–Kier alpha value is -1.51. The molecule has 1 fully saturated rings. The Balaban J connectivity index is 0.000000308. The predicted molar refractivity (Wildman–Crippen MR) is 102 cm³/mol. The zero-order chi connectivity index (χ0) is 22.2. The molecule has 1 aliphatic carbocycles. The lowest BCUT2D eigenvalue weighted by Gasteiger charge is -2.37. The smallest absolute Gasteiger partial charge is 0.416 e. The van der Waals surface area contributed by atoms with Gasteiger partial charge in [0.25, 0.3) is 0 Å². The van der Waals surface area contributed by atoms with Crippen molar-refractivity contribution in [3.63, 3.8) is 0 Å². The molecule has 2 rings (SSSR count). The van der Waals surface area contributed by atoms with Crippen LogP contribution in [0.2, 0.25) is 10.0 Å². The van der Waals surface area contributed by atoms with Gasteiger partial charge in [-0.3, -0.25) is 4.79 Å². The second-order valence-corrected chi connectivity index (χ2v) is 7.29. The summed E-state index contributed by atoms with van der Waals surface area (Å²) in [6.45, 7) is 3.31. The average Bonchev–Trinajstić information content (AvgIpc) is 2.60. The van der Waals surface area contributed by atoms with Gasteiger partial charge in [-0.15, -0.1) is 0 Å². The molecule has 2 unspecified atom stereocenters. The molecule has 0 aliphatic heterocycles. The van der Waals surface area contributed by atoms with Crippen LogP contribution in [-0.2, 0) is 30.0 Å². The maximum atomic E-state index is 12.0. The van der Waals surface area contributed by atoms with Crippen LogP contribution in [0.15, 0.2) is 18.2 Å². The molecule has 0 radical (unpaired) electrons. The Bertz CT molecular complexity index is 691. The van der Waals surface area contributed by atoms with Gasteiger partial charge in [-0.2, -0.15) is 13.2 Å². The molecule has 1 aromatic rings. The van der Waals surface area contributed by atoms with Crippen molar-refractivity contribution in [3.05, 3.63) is 33.8 Å². The van der Waals surface area contributed by atoms with Crippen molar-refractivity contribution in [3.8, 4) is 0 Å². The molecule has 1 saturated carbocycles. The second kappa shape index (κ2) is 11.0. The van der Waals surface area contributed by atoms with E-state index in [0.29, 0.717) is 12.8 Å². The summed E-state index contributed by atoms with van der Waals surface area (Å²) < 4.78 is 51.6. The number of esters is 2. The molecule has 0 saturated heterocycles. The summed E-state index contributed by atoms with van der Waals surface area (Å²) in [5.74, 6) is -0.924. The highest BCUT2D eigenvalue weighted by molar-refractivity contribution is 6.34. The quantitative estimate of drug-likeness (QED) is 0.561. The van der Waals surface area contributed by atoms with Gasteiger partial charge in [0.2, 0.25) is 5.60 Å². The molecule has 0 bridgehead atoms. The molecule has 164 valence electrons. The number of carbonyl (C=O) groups is 2. The minimum Gasteiger partial charge on any atom is -0.463 e. The van der Waals surface area contributed by atoms with Crippen LogP contribution >= 0.6 is 23.2 Å². The van der Waals surface area contributed by atoms with Crippen LogP contribution in [-0.4, -0.2) is 37.4 Å². The van der Waals surface area contributed by atoms with Gasteiger partial charge in [0.15, 0.2) is 0 Å². The van der Waals surface area contributed by atoms with Crippen molar-refractivity contribution >= 4 is 35.1 Å². The van der Waals surface area contributed by atoms with E-state index in [-0.39, 0.29) is 22.8 Å². The minimum atomic E-state index is -4.39. The number of hydrogen-bond donors (Lipinski definition) is 0. The van der Waals surface area contributed by atoms with Crippen molar-refractivity contribution in [1.29, 1.82) is 0 Å². The lowest BCUT2D eigenvalue weighted by Crippen LogP contribution is -2.49. The third-order valence-electron chi connectivity index (χ3n) is 4.17. The highest BCUT2D eigenvalue weighted by Gasteiger charge is 2.47. The zero-order valence-corrected chi connectivity index (χ0v) is 17.8. The first-order valence-corrected chi connectivity index (χ1v) is 9.62. The standard InChI is InChI=1S/C12H20O5.C7H3Cl2F3/c1-4-16-11(14)12(17-9(2)13)7-5-6-10(8-12)15-3;8-5-1-4(7(10,11)12)2-6(9)3-5/h10H,4-8H2,1-3H3;1-3H. The molecule has 10 heteroatoms. The first kappa shape index (κ1) is 25.5. The Morgan fingerprint density at radius 2 is 1.79 bits per heavy atom. The van der Waals surface area contributed by atoms with E-state index in [4.69, 9.17) is 37.4 Å². The van der Waals surface area contributed by atoms with Gasteiger partial charge >= 0.3 is 18.1 Å². The van der Waals surface area contributed by atoms with E-state index >= 15 is 0 Å². The first-order valence-electron chi connectivity index (χ1n) is 8.86. The Labute approximate surface area is 177 Å². The molecule has 1 aliphatic rings. The summed E-state index contributed by atoms with van der Waals surface area (Å²) in [6, 6.07) is 2.90. The molecular weight excluding hydrogens is 436 g/mol. The Morgan fingerprint density at radius 3 is 2.24 bits per heavy atom. The number of ether oxygens (including phenoxy) is 3. The number of alkyl halides is 3. The molecule has 5 nitrogen and oxygen atoms in total. The maximum absolute atomic E-state index is 12.0. The van der Waals surface area contributed by atoms with E-state index in [9.17, 15) is 22.8 Å². The van der Waals surface area contributed by atoms with Crippen LogP contribution in [0.3, 0.4) is 0 Å². The largest absolute Gasteiger partial charge is 0.463 e. The summed E-state index contributed by atoms with van der Waals surface area (Å²) in [6.07, 6.45) is -1.92. The van der Waals surface area contributed by atoms with Crippen LogP contribution in [0.4, 0.5) is 13.2 Å². The maximum Gasteiger partial charge on any atom is 0.416 e. The molecule has 2 atom stereocenters. The second-order valence-electron chi connectivity index (χ2n) is 6.42. The molecule has 0 aromatic heterocycles. The molecular formula is C19H23Cl2F3O5. The minimum absolute atomic E-state index is 0.0187. The summed E-state index contributed by atoms with van der Waals surface area (Å²) in [7, 11) is 1.60. The number of rotatable bonds is 4. The lowest BCUT2D eigenvalue weighted by atomic mass is 9.82. The van der Waals surface area contributed by atoms with Crippen LogP contribution in [0.5, 0.6) is 0 Å². The van der Waals surface area contributed by atoms with Crippen LogP contribution in [0.25, 0.3) is 0 Å². The van der Waals surface area contributed by atoms with Crippen molar-refractivity contribution < 1.29 is 37.0 Å². The van der Waals surface area contributed by atoms with Gasteiger partial charge in [0, 0.05) is 30.5 Å². The Morgan fingerprint density at radius 1 is 1.21 bits per heavy atom. The highest BCUT2D eigenvalue weighted by atomic mass is 35.5. The topological polar surface area (TPSA) is 61.8 Å². The summed E-state index contributed by atoms with van der Waals surface area (Å²) in [5.41, 5.74) is -1.99. The fourth-order valence-electron chi connectivity index (χ4n) is 2.96. The van der Waals surface area contributed by atoms with Gasteiger partial charge < -0.3 is 14.2 Å². The monoisotopic (exact) mass is 458 g/mol. The van der Waals surface area contributed by atoms with Crippen molar-refractivity contribution in [1.82, 2.24) is 0 Å². The number of hydrogen-bond acceptors (Lipinski definition) is 5.